The van der Waals surface area contributed by atoms with Crippen molar-refractivity contribution in [2.75, 3.05) is 0 Å². The first-order valence-electron chi connectivity index (χ1n) is 9.22. The van der Waals surface area contributed by atoms with Gasteiger partial charge in [-0.25, -0.2) is 9.97 Å². The summed E-state index contributed by atoms with van der Waals surface area (Å²) < 4.78 is 0. The molecule has 9 heteroatoms. The van der Waals surface area contributed by atoms with Crippen molar-refractivity contribution in [1.29, 1.82) is 5.41 Å². The van der Waals surface area contributed by atoms with Gasteiger partial charge in [0, 0.05) is 22.3 Å². The summed E-state index contributed by atoms with van der Waals surface area (Å²) in [6, 6.07) is 18.3. The number of carbonyl (C=O) groups excluding carboxylic acids is 1. The molecule has 7 N–H and O–H groups in total. The second-order valence-electron chi connectivity index (χ2n) is 6.99. The first-order chi connectivity index (χ1) is 14.5. The monoisotopic (exact) mass is 431 g/mol. The number of rotatable bonds is 4. The van der Waals surface area contributed by atoms with E-state index in [1.165, 1.54) is 0 Å². The third-order valence-corrected chi connectivity index (χ3v) is 4.99. The maximum atomic E-state index is 11.3. The summed E-state index contributed by atoms with van der Waals surface area (Å²) in [6.45, 7) is 0. The van der Waals surface area contributed by atoms with E-state index in [0.29, 0.717) is 17.0 Å². The maximum absolute atomic E-state index is 11.3. The van der Waals surface area contributed by atoms with Crippen LogP contribution in [0.5, 0.6) is 0 Å². The van der Waals surface area contributed by atoms with Crippen LogP contribution < -0.4 is 11.5 Å². The number of hydrogen-bond donors (Lipinski definition) is 5. The molecule has 2 heterocycles. The number of nitrogens with one attached hydrogen (secondary N) is 3. The highest BCUT2D eigenvalue weighted by atomic mass is 35.5. The van der Waals surface area contributed by atoms with Crippen molar-refractivity contribution in [2.45, 2.75) is 0 Å². The highest BCUT2D eigenvalue weighted by molar-refractivity contribution is 5.98. The number of amidine groups is 1. The van der Waals surface area contributed by atoms with E-state index in [1.54, 1.807) is 18.2 Å². The van der Waals surface area contributed by atoms with E-state index in [-0.39, 0.29) is 18.2 Å². The van der Waals surface area contributed by atoms with E-state index in [4.69, 9.17) is 16.9 Å². The molecule has 0 aliphatic rings. The Morgan fingerprint density at radius 3 is 1.87 bits per heavy atom. The number of H-pyrrole nitrogens is 2. The van der Waals surface area contributed by atoms with E-state index in [1.807, 2.05) is 42.5 Å². The number of aromatic nitrogens is 4. The number of halogens is 1. The number of primary amides is 1. The minimum atomic E-state index is -0.461. The van der Waals surface area contributed by atoms with Gasteiger partial charge in [-0.3, -0.25) is 10.2 Å². The lowest BCUT2D eigenvalue weighted by Gasteiger charge is -1.98. The Balaban J connectivity index is 0.00000231. The number of nitrogens with two attached hydrogens (primary N) is 2. The zero-order chi connectivity index (χ0) is 20.8. The topological polar surface area (TPSA) is 150 Å². The molecule has 0 unspecified atom stereocenters. The average molecular weight is 432 g/mol. The molecule has 3 aromatic carbocycles. The van der Waals surface area contributed by atoms with Gasteiger partial charge in [0.2, 0.25) is 5.91 Å². The van der Waals surface area contributed by atoms with Crippen LogP contribution in [0.3, 0.4) is 0 Å². The zero-order valence-electron chi connectivity index (χ0n) is 16.1. The lowest BCUT2D eigenvalue weighted by Crippen LogP contribution is -2.10. The summed E-state index contributed by atoms with van der Waals surface area (Å²) in [5.74, 6) is 0.976. The van der Waals surface area contributed by atoms with Gasteiger partial charge in [-0.15, -0.1) is 12.4 Å². The van der Waals surface area contributed by atoms with Crippen LogP contribution in [0.25, 0.3) is 44.8 Å². The molecule has 0 fully saturated rings. The predicted molar refractivity (Wildman–Crippen MR) is 123 cm³/mol. The van der Waals surface area contributed by atoms with Crippen LogP contribution in [0.2, 0.25) is 0 Å². The van der Waals surface area contributed by atoms with Crippen LogP contribution in [-0.4, -0.2) is 31.7 Å². The van der Waals surface area contributed by atoms with Crippen molar-refractivity contribution < 1.29 is 4.79 Å². The van der Waals surface area contributed by atoms with Crippen LogP contribution in [0.1, 0.15) is 15.9 Å². The lowest BCUT2D eigenvalue weighted by molar-refractivity contribution is 0.100. The quantitative estimate of drug-likeness (QED) is 0.218. The van der Waals surface area contributed by atoms with E-state index < -0.39 is 5.91 Å². The summed E-state index contributed by atoms with van der Waals surface area (Å²) in [5.41, 5.74) is 17.0. The Morgan fingerprint density at radius 1 is 0.742 bits per heavy atom. The predicted octanol–water partition coefficient (Wildman–Crippen LogP) is 3.58. The molecule has 0 aliphatic heterocycles. The highest BCUT2D eigenvalue weighted by Crippen LogP contribution is 2.26. The van der Waals surface area contributed by atoms with Crippen LogP contribution in [0.15, 0.2) is 60.7 Å². The molecule has 0 saturated carbocycles. The largest absolute Gasteiger partial charge is 0.384 e. The number of benzene rings is 3. The van der Waals surface area contributed by atoms with Crippen LogP contribution in [0.4, 0.5) is 0 Å². The van der Waals surface area contributed by atoms with E-state index in [9.17, 15) is 4.79 Å². The summed E-state index contributed by atoms with van der Waals surface area (Å²) in [7, 11) is 0. The fraction of sp³-hybridized carbons (Fsp3) is 0. The van der Waals surface area contributed by atoms with Gasteiger partial charge >= 0.3 is 0 Å². The second kappa shape index (κ2) is 7.58. The van der Waals surface area contributed by atoms with Crippen molar-refractivity contribution >= 4 is 46.2 Å². The van der Waals surface area contributed by atoms with Gasteiger partial charge in [-0.1, -0.05) is 12.1 Å². The molecule has 2 aromatic heterocycles. The first-order valence-corrected chi connectivity index (χ1v) is 9.22. The summed E-state index contributed by atoms with van der Waals surface area (Å²) in [6.07, 6.45) is 0. The molecule has 8 nitrogen and oxygen atoms in total. The summed E-state index contributed by atoms with van der Waals surface area (Å²) in [5, 5.41) is 7.59. The van der Waals surface area contributed by atoms with Crippen molar-refractivity contribution in [1.82, 2.24) is 19.9 Å². The fourth-order valence-corrected chi connectivity index (χ4v) is 3.40. The van der Waals surface area contributed by atoms with Crippen molar-refractivity contribution in [3.05, 3.63) is 71.8 Å². The number of nitrogen functional groups attached to an aromatic ring is 1. The van der Waals surface area contributed by atoms with Gasteiger partial charge in [0.05, 0.1) is 22.1 Å². The summed E-state index contributed by atoms with van der Waals surface area (Å²) >= 11 is 0. The smallest absolute Gasteiger partial charge is 0.248 e. The molecule has 0 bridgehead atoms. The van der Waals surface area contributed by atoms with Gasteiger partial charge in [0.15, 0.2) is 0 Å². The third-order valence-electron chi connectivity index (χ3n) is 4.99. The Bertz CT molecular complexity index is 1450. The van der Waals surface area contributed by atoms with Gasteiger partial charge in [-0.05, 0) is 48.5 Å². The van der Waals surface area contributed by atoms with E-state index in [2.05, 4.69) is 19.9 Å². The number of aromatic amines is 2. The van der Waals surface area contributed by atoms with Crippen molar-refractivity contribution in [3.63, 3.8) is 0 Å². The van der Waals surface area contributed by atoms with E-state index >= 15 is 0 Å². The SMILES string of the molecule is Cl.N=C(N)c1ccc2nc(-c3ccc4nc(-c5ccc(C(N)=O)cc5)[nH]c4c3)[nH]c2c1. The van der Waals surface area contributed by atoms with Gasteiger partial charge in [0.25, 0.3) is 0 Å². The Kier molecular flexibility index (Phi) is 4.92. The molecule has 5 aromatic rings. The molecule has 0 aliphatic carbocycles. The first kappa shape index (κ1) is 20.1. The standard InChI is InChI=1S/C22H17N7O.ClH/c23-19(24)13-5-7-15-17(9-13)29-22(27-15)14-6-8-16-18(10-14)28-21(26-16)12-3-1-11(2-4-12)20(25)30;/h1-10H,(H3,23,24)(H2,25,30)(H,26,28)(H,27,29);1H. The number of imidazole rings is 2. The molecule has 31 heavy (non-hydrogen) atoms. The van der Waals surface area contributed by atoms with Crippen molar-refractivity contribution in [3.8, 4) is 22.8 Å². The number of nitrogens with zero attached hydrogens (tertiary/aromatic N) is 2. The summed E-state index contributed by atoms with van der Waals surface area (Å²) in [4.78, 5) is 27.1. The molecule has 0 radical (unpaired) electrons. The minimum absolute atomic E-state index is 0. The van der Waals surface area contributed by atoms with Crippen LogP contribution in [0, 0.1) is 5.41 Å². The molecule has 0 spiro atoms. The third kappa shape index (κ3) is 3.60. The molecular formula is C22H18ClN7O. The zero-order valence-corrected chi connectivity index (χ0v) is 17.0. The maximum Gasteiger partial charge on any atom is 0.248 e. The molecule has 1 amide bonds. The average Bonchev–Trinajstić information content (AvgIpc) is 3.36. The van der Waals surface area contributed by atoms with E-state index in [0.717, 1.165) is 39.0 Å². The van der Waals surface area contributed by atoms with Gasteiger partial charge < -0.3 is 21.4 Å². The number of fused-ring (bicyclic) bond motifs is 2. The second-order valence-corrected chi connectivity index (χ2v) is 6.99. The molecule has 154 valence electrons. The number of hydrogen-bond acceptors (Lipinski definition) is 4. The normalized spacial score (nSPS) is 10.8. The lowest BCUT2D eigenvalue weighted by atomic mass is 10.1. The number of carbonyl (C=O) groups is 1. The number of amides is 1. The molecule has 0 atom stereocenters. The fourth-order valence-electron chi connectivity index (χ4n) is 3.40. The molecule has 5 rings (SSSR count). The minimum Gasteiger partial charge on any atom is -0.384 e. The Morgan fingerprint density at radius 2 is 1.26 bits per heavy atom. The molecular weight excluding hydrogens is 414 g/mol. The van der Waals surface area contributed by atoms with Gasteiger partial charge in [-0.2, -0.15) is 0 Å². The Hall–Kier alpha value is -4.17. The molecule has 0 saturated heterocycles. The Labute approximate surface area is 182 Å². The van der Waals surface area contributed by atoms with Crippen molar-refractivity contribution in [2.24, 2.45) is 11.5 Å². The van der Waals surface area contributed by atoms with Crippen LogP contribution in [-0.2, 0) is 0 Å². The highest BCUT2D eigenvalue weighted by Gasteiger charge is 2.11. The van der Waals surface area contributed by atoms with Gasteiger partial charge in [0.1, 0.15) is 17.5 Å². The van der Waals surface area contributed by atoms with Crippen LogP contribution >= 0.6 is 12.4 Å².